The SMILES string of the molecule is CCCCCc1nnc(NC(=O)CCc2nc(-c3ccc(C)cc3)no2)s1. The number of carbonyl (C=O) groups excluding carboxylic acids is 1. The van der Waals surface area contributed by atoms with Crippen LogP contribution in [-0.4, -0.2) is 26.2 Å². The number of unbranched alkanes of at least 4 members (excludes halogenated alkanes) is 2. The monoisotopic (exact) mass is 385 g/mol. The summed E-state index contributed by atoms with van der Waals surface area (Å²) in [6.45, 7) is 4.19. The number of nitrogens with zero attached hydrogens (tertiary/aromatic N) is 4. The van der Waals surface area contributed by atoms with Crippen molar-refractivity contribution in [3.63, 3.8) is 0 Å². The van der Waals surface area contributed by atoms with Gasteiger partial charge in [0.25, 0.3) is 0 Å². The summed E-state index contributed by atoms with van der Waals surface area (Å²) in [6.07, 6.45) is 4.98. The number of benzene rings is 1. The Morgan fingerprint density at radius 3 is 2.74 bits per heavy atom. The second kappa shape index (κ2) is 9.36. The van der Waals surface area contributed by atoms with E-state index in [1.807, 2.05) is 31.2 Å². The molecule has 2 aromatic heterocycles. The fourth-order valence-corrected chi connectivity index (χ4v) is 3.31. The molecule has 0 saturated carbocycles. The highest BCUT2D eigenvalue weighted by Gasteiger charge is 2.12. The van der Waals surface area contributed by atoms with Crippen molar-refractivity contribution in [2.75, 3.05) is 5.32 Å². The minimum absolute atomic E-state index is 0.138. The lowest BCUT2D eigenvalue weighted by Crippen LogP contribution is -2.12. The standard InChI is InChI=1S/C19H23N5O2S/c1-3-4-5-6-17-22-23-19(27-17)20-15(25)11-12-16-21-18(24-26-16)14-9-7-13(2)8-10-14/h7-10H,3-6,11-12H2,1-2H3,(H,20,23,25). The van der Waals surface area contributed by atoms with Crippen LogP contribution in [0.5, 0.6) is 0 Å². The van der Waals surface area contributed by atoms with Gasteiger partial charge in [-0.1, -0.05) is 66.1 Å². The van der Waals surface area contributed by atoms with E-state index in [1.165, 1.54) is 29.7 Å². The van der Waals surface area contributed by atoms with Crippen LogP contribution in [0, 0.1) is 6.92 Å². The molecule has 1 aromatic carbocycles. The highest BCUT2D eigenvalue weighted by atomic mass is 32.1. The maximum atomic E-state index is 12.1. The molecule has 0 aliphatic carbocycles. The Balaban J connectivity index is 1.47. The average molecular weight is 385 g/mol. The number of aryl methyl sites for hydroxylation is 3. The lowest BCUT2D eigenvalue weighted by Gasteiger charge is -1.98. The molecule has 7 nitrogen and oxygen atoms in total. The van der Waals surface area contributed by atoms with Gasteiger partial charge >= 0.3 is 0 Å². The molecule has 3 aromatic rings. The number of amides is 1. The lowest BCUT2D eigenvalue weighted by atomic mass is 10.1. The molecule has 3 rings (SSSR count). The Bertz CT molecular complexity index is 872. The van der Waals surface area contributed by atoms with Gasteiger partial charge in [0.15, 0.2) is 0 Å². The van der Waals surface area contributed by atoms with Gasteiger partial charge < -0.3 is 9.84 Å². The zero-order valence-electron chi connectivity index (χ0n) is 15.6. The maximum absolute atomic E-state index is 12.1. The topological polar surface area (TPSA) is 93.8 Å². The Morgan fingerprint density at radius 2 is 1.96 bits per heavy atom. The third-order valence-corrected chi connectivity index (χ3v) is 4.95. The van der Waals surface area contributed by atoms with E-state index in [-0.39, 0.29) is 12.3 Å². The Morgan fingerprint density at radius 1 is 1.15 bits per heavy atom. The van der Waals surface area contributed by atoms with Gasteiger partial charge in [-0.25, -0.2) is 0 Å². The largest absolute Gasteiger partial charge is 0.339 e. The zero-order valence-corrected chi connectivity index (χ0v) is 16.4. The van der Waals surface area contributed by atoms with Gasteiger partial charge in [-0.15, -0.1) is 10.2 Å². The van der Waals surface area contributed by atoms with E-state index in [2.05, 4.69) is 32.6 Å². The second-order valence-electron chi connectivity index (χ2n) is 6.38. The molecule has 0 atom stereocenters. The average Bonchev–Trinajstić information content (AvgIpc) is 3.31. The highest BCUT2D eigenvalue weighted by Crippen LogP contribution is 2.19. The van der Waals surface area contributed by atoms with Gasteiger partial charge in [0.1, 0.15) is 5.01 Å². The molecule has 142 valence electrons. The van der Waals surface area contributed by atoms with Gasteiger partial charge in [0.2, 0.25) is 22.8 Å². The molecule has 0 radical (unpaired) electrons. The molecule has 1 N–H and O–H groups in total. The van der Waals surface area contributed by atoms with Crippen LogP contribution in [0.25, 0.3) is 11.4 Å². The van der Waals surface area contributed by atoms with Gasteiger partial charge in [-0.2, -0.15) is 4.98 Å². The summed E-state index contributed by atoms with van der Waals surface area (Å²) >= 11 is 1.43. The molecule has 8 heteroatoms. The molecule has 0 aliphatic rings. The third kappa shape index (κ3) is 5.68. The second-order valence-corrected chi connectivity index (χ2v) is 7.45. The first kappa shape index (κ1) is 19.2. The molecular formula is C19H23N5O2S. The molecule has 2 heterocycles. The third-order valence-electron chi connectivity index (χ3n) is 4.05. The van der Waals surface area contributed by atoms with Crippen molar-refractivity contribution in [1.29, 1.82) is 0 Å². The van der Waals surface area contributed by atoms with Gasteiger partial charge in [0, 0.05) is 24.8 Å². The van der Waals surface area contributed by atoms with Gasteiger partial charge in [-0.05, 0) is 13.3 Å². The van der Waals surface area contributed by atoms with Crippen LogP contribution < -0.4 is 5.32 Å². The number of carbonyl (C=O) groups is 1. The van der Waals surface area contributed by atoms with E-state index in [4.69, 9.17) is 4.52 Å². The maximum Gasteiger partial charge on any atom is 0.227 e. The Kier molecular flexibility index (Phi) is 6.64. The normalized spacial score (nSPS) is 10.9. The van der Waals surface area contributed by atoms with E-state index >= 15 is 0 Å². The molecule has 0 aliphatic heterocycles. The smallest absolute Gasteiger partial charge is 0.227 e. The number of aromatic nitrogens is 4. The number of anilines is 1. The lowest BCUT2D eigenvalue weighted by molar-refractivity contribution is -0.116. The van der Waals surface area contributed by atoms with Crippen molar-refractivity contribution in [2.24, 2.45) is 0 Å². The number of hydrogen-bond acceptors (Lipinski definition) is 7. The molecule has 0 spiro atoms. The van der Waals surface area contributed by atoms with Crippen LogP contribution in [0.4, 0.5) is 5.13 Å². The fraction of sp³-hybridized carbons (Fsp3) is 0.421. The minimum Gasteiger partial charge on any atom is -0.339 e. The van der Waals surface area contributed by atoms with Crippen molar-refractivity contribution in [2.45, 2.75) is 52.4 Å². The summed E-state index contributed by atoms with van der Waals surface area (Å²) in [4.78, 5) is 16.5. The molecule has 0 bridgehead atoms. The molecule has 27 heavy (non-hydrogen) atoms. The van der Waals surface area contributed by atoms with Crippen molar-refractivity contribution in [3.05, 3.63) is 40.7 Å². The first-order chi connectivity index (χ1) is 13.1. The van der Waals surface area contributed by atoms with Crippen molar-refractivity contribution < 1.29 is 9.32 Å². The predicted octanol–water partition coefficient (Wildman–Crippen LogP) is 4.20. The molecule has 0 unspecified atom stereocenters. The first-order valence-electron chi connectivity index (χ1n) is 9.16. The molecule has 1 amide bonds. The summed E-state index contributed by atoms with van der Waals surface area (Å²) in [5, 5.41) is 16.4. The van der Waals surface area contributed by atoms with Crippen molar-refractivity contribution in [3.8, 4) is 11.4 Å². The summed E-state index contributed by atoms with van der Waals surface area (Å²) in [6, 6.07) is 7.89. The summed E-state index contributed by atoms with van der Waals surface area (Å²) < 4.78 is 5.24. The molecule has 0 saturated heterocycles. The Labute approximate surface area is 162 Å². The van der Waals surface area contributed by atoms with E-state index < -0.39 is 0 Å². The van der Waals surface area contributed by atoms with Crippen molar-refractivity contribution in [1.82, 2.24) is 20.3 Å². The van der Waals surface area contributed by atoms with Crippen LogP contribution in [0.3, 0.4) is 0 Å². The molecular weight excluding hydrogens is 362 g/mol. The van der Waals surface area contributed by atoms with Crippen LogP contribution in [0.1, 0.15) is 49.1 Å². The zero-order chi connectivity index (χ0) is 19.1. The van der Waals surface area contributed by atoms with E-state index in [0.717, 1.165) is 23.4 Å². The summed E-state index contributed by atoms with van der Waals surface area (Å²) in [7, 11) is 0. The Hall–Kier alpha value is -2.61. The highest BCUT2D eigenvalue weighted by molar-refractivity contribution is 7.15. The first-order valence-corrected chi connectivity index (χ1v) is 9.97. The molecule has 0 fully saturated rings. The number of nitrogens with one attached hydrogen (secondary N) is 1. The predicted molar refractivity (Wildman–Crippen MR) is 105 cm³/mol. The fourth-order valence-electron chi connectivity index (χ4n) is 2.51. The van der Waals surface area contributed by atoms with E-state index in [0.29, 0.717) is 23.3 Å². The van der Waals surface area contributed by atoms with Crippen LogP contribution in [-0.2, 0) is 17.6 Å². The summed E-state index contributed by atoms with van der Waals surface area (Å²) in [5.41, 5.74) is 2.06. The quantitative estimate of drug-likeness (QED) is 0.555. The number of rotatable bonds is 9. The minimum atomic E-state index is -0.138. The summed E-state index contributed by atoms with van der Waals surface area (Å²) in [5.74, 6) is 0.839. The van der Waals surface area contributed by atoms with E-state index in [9.17, 15) is 4.79 Å². The number of hydrogen-bond donors (Lipinski definition) is 1. The van der Waals surface area contributed by atoms with E-state index in [1.54, 1.807) is 0 Å². The van der Waals surface area contributed by atoms with Gasteiger partial charge in [0.05, 0.1) is 0 Å². The van der Waals surface area contributed by atoms with Crippen molar-refractivity contribution >= 4 is 22.4 Å². The van der Waals surface area contributed by atoms with Gasteiger partial charge in [-0.3, -0.25) is 4.79 Å². The van der Waals surface area contributed by atoms with Crippen LogP contribution in [0.15, 0.2) is 28.8 Å². The van der Waals surface area contributed by atoms with Crippen LogP contribution in [0.2, 0.25) is 0 Å². The van der Waals surface area contributed by atoms with Crippen LogP contribution >= 0.6 is 11.3 Å².